The van der Waals surface area contributed by atoms with E-state index in [4.69, 9.17) is 0 Å². The fourth-order valence-corrected chi connectivity index (χ4v) is 2.07. The van der Waals surface area contributed by atoms with Gasteiger partial charge >= 0.3 is 6.18 Å². The zero-order valence-electron chi connectivity index (χ0n) is 10.0. The number of aromatic nitrogens is 1. The summed E-state index contributed by atoms with van der Waals surface area (Å²) in [5.41, 5.74) is 1.54. The van der Waals surface area contributed by atoms with Gasteiger partial charge < -0.3 is 0 Å². The molecule has 1 aromatic heterocycles. The predicted octanol–water partition coefficient (Wildman–Crippen LogP) is 4.38. The molecule has 1 nitrogen and oxygen atoms in total. The van der Waals surface area contributed by atoms with Crippen LogP contribution in [0.25, 0.3) is 11.1 Å². The molecule has 0 aliphatic carbocycles. The summed E-state index contributed by atoms with van der Waals surface area (Å²) in [6.07, 6.45) is -3.27. The summed E-state index contributed by atoms with van der Waals surface area (Å²) >= 11 is 0. The number of pyridine rings is 1. The van der Waals surface area contributed by atoms with Crippen molar-refractivity contribution in [3.63, 3.8) is 0 Å². The van der Waals surface area contributed by atoms with E-state index in [0.717, 1.165) is 11.1 Å². The fourth-order valence-electron chi connectivity index (χ4n) is 2.07. The van der Waals surface area contributed by atoms with Crippen molar-refractivity contribution in [2.75, 3.05) is 0 Å². The van der Waals surface area contributed by atoms with E-state index in [9.17, 15) is 13.2 Å². The highest BCUT2D eigenvalue weighted by molar-refractivity contribution is 5.72. The van der Waals surface area contributed by atoms with E-state index in [2.05, 4.69) is 4.98 Å². The van der Waals surface area contributed by atoms with E-state index >= 15 is 0 Å². The molecule has 0 amide bonds. The Hall–Kier alpha value is -1.84. The lowest BCUT2D eigenvalue weighted by Gasteiger charge is -2.15. The van der Waals surface area contributed by atoms with Crippen LogP contribution < -0.4 is 0 Å². The SMILES string of the molecule is Cc1cccc(C)c1-c1cccnc1C(F)(F)F. The summed E-state index contributed by atoms with van der Waals surface area (Å²) in [5, 5.41) is 0. The molecule has 0 fully saturated rings. The Morgan fingerprint density at radius 3 is 2.11 bits per heavy atom. The maximum atomic E-state index is 12.9. The first-order valence-corrected chi connectivity index (χ1v) is 5.50. The topological polar surface area (TPSA) is 12.9 Å². The Labute approximate surface area is 103 Å². The third-order valence-electron chi connectivity index (χ3n) is 2.83. The molecule has 0 saturated carbocycles. The summed E-state index contributed by atoms with van der Waals surface area (Å²) in [6.45, 7) is 3.60. The lowest BCUT2D eigenvalue weighted by atomic mass is 9.94. The number of benzene rings is 1. The average molecular weight is 251 g/mol. The van der Waals surface area contributed by atoms with Crippen molar-refractivity contribution in [1.82, 2.24) is 4.98 Å². The molecule has 2 rings (SSSR count). The van der Waals surface area contributed by atoms with E-state index in [1.807, 2.05) is 6.07 Å². The molecule has 0 radical (unpaired) electrons. The molecule has 0 saturated heterocycles. The summed E-state index contributed by atoms with van der Waals surface area (Å²) < 4.78 is 38.8. The normalized spacial score (nSPS) is 11.6. The van der Waals surface area contributed by atoms with Crippen LogP contribution in [0.1, 0.15) is 16.8 Å². The van der Waals surface area contributed by atoms with Gasteiger partial charge in [-0.05, 0) is 36.6 Å². The molecule has 4 heteroatoms. The predicted molar refractivity (Wildman–Crippen MR) is 64.1 cm³/mol. The van der Waals surface area contributed by atoms with Gasteiger partial charge in [0, 0.05) is 11.8 Å². The Morgan fingerprint density at radius 1 is 0.944 bits per heavy atom. The third kappa shape index (κ3) is 2.23. The summed E-state index contributed by atoms with van der Waals surface area (Å²) in [5.74, 6) is 0. The fraction of sp³-hybridized carbons (Fsp3) is 0.214. The van der Waals surface area contributed by atoms with Crippen molar-refractivity contribution in [3.05, 3.63) is 53.3 Å². The third-order valence-corrected chi connectivity index (χ3v) is 2.83. The zero-order chi connectivity index (χ0) is 13.3. The van der Waals surface area contributed by atoms with Crippen molar-refractivity contribution in [2.24, 2.45) is 0 Å². The van der Waals surface area contributed by atoms with Crippen molar-refractivity contribution >= 4 is 0 Å². The van der Waals surface area contributed by atoms with Crippen molar-refractivity contribution < 1.29 is 13.2 Å². The van der Waals surface area contributed by atoms with Gasteiger partial charge in [-0.25, -0.2) is 0 Å². The van der Waals surface area contributed by atoms with Crippen LogP contribution in [0, 0.1) is 13.8 Å². The largest absolute Gasteiger partial charge is 0.433 e. The summed E-state index contributed by atoms with van der Waals surface area (Å²) in [4.78, 5) is 3.48. The van der Waals surface area contributed by atoms with Gasteiger partial charge in [0.15, 0.2) is 5.69 Å². The first kappa shape index (κ1) is 12.6. The molecule has 0 N–H and O–H groups in total. The molecule has 1 heterocycles. The molecule has 0 aliphatic heterocycles. The van der Waals surface area contributed by atoms with Gasteiger partial charge in [0.05, 0.1) is 0 Å². The van der Waals surface area contributed by atoms with Crippen molar-refractivity contribution in [3.8, 4) is 11.1 Å². The second-order valence-electron chi connectivity index (χ2n) is 4.16. The number of hydrogen-bond donors (Lipinski definition) is 0. The van der Waals surface area contributed by atoms with Crippen LogP contribution in [0.3, 0.4) is 0 Å². The van der Waals surface area contributed by atoms with E-state index < -0.39 is 11.9 Å². The monoisotopic (exact) mass is 251 g/mol. The highest BCUT2D eigenvalue weighted by Gasteiger charge is 2.35. The molecule has 0 aliphatic rings. The van der Waals surface area contributed by atoms with Crippen LogP contribution in [0.4, 0.5) is 13.2 Å². The van der Waals surface area contributed by atoms with Crippen LogP contribution in [0.2, 0.25) is 0 Å². The minimum Gasteiger partial charge on any atom is -0.251 e. The second kappa shape index (κ2) is 4.44. The number of nitrogens with zero attached hydrogens (tertiary/aromatic N) is 1. The van der Waals surface area contributed by atoms with Gasteiger partial charge in [-0.2, -0.15) is 13.2 Å². The molecule has 1 aromatic carbocycles. The van der Waals surface area contributed by atoms with Crippen LogP contribution in [-0.4, -0.2) is 4.98 Å². The van der Waals surface area contributed by atoms with Gasteiger partial charge in [0.25, 0.3) is 0 Å². The lowest BCUT2D eigenvalue weighted by Crippen LogP contribution is -2.10. The molecule has 0 unspecified atom stereocenters. The Bertz CT molecular complexity index is 553. The summed E-state index contributed by atoms with van der Waals surface area (Å²) in [7, 11) is 0. The Balaban J connectivity index is 2.73. The number of halogens is 3. The minimum absolute atomic E-state index is 0.139. The summed E-state index contributed by atoms with van der Waals surface area (Å²) in [6, 6.07) is 8.42. The van der Waals surface area contributed by atoms with Crippen LogP contribution >= 0.6 is 0 Å². The zero-order valence-corrected chi connectivity index (χ0v) is 10.0. The van der Waals surface area contributed by atoms with Gasteiger partial charge in [-0.15, -0.1) is 0 Å². The van der Waals surface area contributed by atoms with Gasteiger partial charge in [0.2, 0.25) is 0 Å². The van der Waals surface area contributed by atoms with E-state index in [0.29, 0.717) is 5.56 Å². The molecule has 2 aromatic rings. The molecule has 18 heavy (non-hydrogen) atoms. The van der Waals surface area contributed by atoms with Crippen molar-refractivity contribution in [2.45, 2.75) is 20.0 Å². The molecule has 0 spiro atoms. The number of rotatable bonds is 1. The van der Waals surface area contributed by atoms with Crippen LogP contribution in [-0.2, 0) is 6.18 Å². The highest BCUT2D eigenvalue weighted by Crippen LogP contribution is 2.37. The van der Waals surface area contributed by atoms with Crippen molar-refractivity contribution in [1.29, 1.82) is 0 Å². The molecule has 0 atom stereocenters. The Morgan fingerprint density at radius 2 is 1.56 bits per heavy atom. The number of alkyl halides is 3. The van der Waals surface area contributed by atoms with Crippen LogP contribution in [0.5, 0.6) is 0 Å². The molecule has 94 valence electrons. The highest BCUT2D eigenvalue weighted by atomic mass is 19.4. The lowest BCUT2D eigenvalue weighted by molar-refractivity contribution is -0.140. The van der Waals surface area contributed by atoms with Gasteiger partial charge in [-0.3, -0.25) is 4.98 Å². The maximum absolute atomic E-state index is 12.9. The smallest absolute Gasteiger partial charge is 0.251 e. The standard InChI is InChI=1S/C14H12F3N/c1-9-5-3-6-10(2)12(9)11-7-4-8-18-13(11)14(15,16)17/h3-8H,1-2H3. The Kier molecular flexibility index (Phi) is 3.11. The maximum Gasteiger partial charge on any atom is 0.433 e. The number of aryl methyl sites for hydroxylation is 2. The molecular formula is C14H12F3N. The quantitative estimate of drug-likeness (QED) is 0.732. The van der Waals surface area contributed by atoms with E-state index in [1.54, 1.807) is 26.0 Å². The first-order chi connectivity index (χ1) is 8.41. The number of hydrogen-bond acceptors (Lipinski definition) is 1. The van der Waals surface area contributed by atoms with Gasteiger partial charge in [0.1, 0.15) is 0 Å². The average Bonchev–Trinajstić information content (AvgIpc) is 2.28. The van der Waals surface area contributed by atoms with E-state index in [1.165, 1.54) is 18.3 Å². The first-order valence-electron chi connectivity index (χ1n) is 5.50. The molecule has 0 bridgehead atoms. The van der Waals surface area contributed by atoms with Gasteiger partial charge in [-0.1, -0.05) is 24.3 Å². The molecular weight excluding hydrogens is 239 g/mol. The second-order valence-corrected chi connectivity index (χ2v) is 4.16. The minimum atomic E-state index is -4.44. The van der Waals surface area contributed by atoms with E-state index in [-0.39, 0.29) is 5.56 Å². The van der Waals surface area contributed by atoms with Crippen LogP contribution in [0.15, 0.2) is 36.5 Å².